The van der Waals surface area contributed by atoms with Crippen molar-refractivity contribution >= 4 is 46.3 Å². The maximum atomic E-state index is 13.6. The van der Waals surface area contributed by atoms with Crippen LogP contribution >= 0.6 is 11.8 Å². The Morgan fingerprint density at radius 2 is 2.03 bits per heavy atom. The lowest BCUT2D eigenvalue weighted by Crippen LogP contribution is -2.36. The highest BCUT2D eigenvalue weighted by atomic mass is 32.2. The van der Waals surface area contributed by atoms with Gasteiger partial charge in [0.15, 0.2) is 5.75 Å². The summed E-state index contributed by atoms with van der Waals surface area (Å²) in [5.74, 6) is -2.08. The fourth-order valence-electron chi connectivity index (χ4n) is 2.62. The van der Waals surface area contributed by atoms with E-state index in [-0.39, 0.29) is 22.0 Å². The smallest absolute Gasteiger partial charge is 0.311 e. The van der Waals surface area contributed by atoms with E-state index in [2.05, 4.69) is 5.32 Å². The summed E-state index contributed by atoms with van der Waals surface area (Å²) in [5, 5.41) is 12.7. The molecule has 0 aromatic heterocycles. The molecule has 2 aromatic rings. The molecule has 0 radical (unpaired) electrons. The van der Waals surface area contributed by atoms with Crippen LogP contribution in [-0.2, 0) is 9.59 Å². The molecule has 0 bridgehead atoms. The first-order valence-corrected chi connectivity index (χ1v) is 9.24. The van der Waals surface area contributed by atoms with E-state index in [4.69, 9.17) is 4.74 Å². The van der Waals surface area contributed by atoms with Crippen molar-refractivity contribution in [1.82, 2.24) is 4.90 Å². The van der Waals surface area contributed by atoms with E-state index in [9.17, 15) is 28.9 Å². The number of carbonyl (C=O) groups excluding carboxylic acids is 3. The van der Waals surface area contributed by atoms with Gasteiger partial charge in [0.05, 0.1) is 22.6 Å². The molecule has 2 aromatic carbocycles. The van der Waals surface area contributed by atoms with E-state index < -0.39 is 34.3 Å². The monoisotopic (exact) mass is 431 g/mol. The Balaban J connectivity index is 1.76. The number of thioether (sulfide) groups is 1. The predicted octanol–water partition coefficient (Wildman–Crippen LogP) is 3.42. The van der Waals surface area contributed by atoms with Gasteiger partial charge in [-0.05, 0) is 41.6 Å². The van der Waals surface area contributed by atoms with Crippen LogP contribution in [0.5, 0.6) is 5.75 Å². The number of halogens is 1. The van der Waals surface area contributed by atoms with Gasteiger partial charge in [-0.3, -0.25) is 29.4 Å². The Hall–Kier alpha value is -3.73. The molecule has 3 amide bonds. The summed E-state index contributed by atoms with van der Waals surface area (Å²) < 4.78 is 18.6. The largest absolute Gasteiger partial charge is 0.490 e. The second-order valence-corrected chi connectivity index (χ2v) is 6.98. The number of methoxy groups -OCH3 is 1. The van der Waals surface area contributed by atoms with E-state index in [1.165, 1.54) is 49.6 Å². The summed E-state index contributed by atoms with van der Waals surface area (Å²) in [6.45, 7) is -0.598. The Morgan fingerprint density at radius 3 is 2.70 bits per heavy atom. The van der Waals surface area contributed by atoms with E-state index in [1.807, 2.05) is 0 Å². The SMILES string of the molecule is COc1ccc(/C=C2\SC(=O)N(CC(=O)Nc3ccccc3F)C2=O)cc1[N+](=O)[O-]. The zero-order valence-corrected chi connectivity index (χ0v) is 16.3. The molecule has 0 aliphatic carbocycles. The van der Waals surface area contributed by atoms with Gasteiger partial charge in [0.1, 0.15) is 12.4 Å². The average molecular weight is 431 g/mol. The molecular weight excluding hydrogens is 417 g/mol. The summed E-state index contributed by atoms with van der Waals surface area (Å²) >= 11 is 0.596. The van der Waals surface area contributed by atoms with E-state index in [1.54, 1.807) is 0 Å². The van der Waals surface area contributed by atoms with Crippen molar-refractivity contribution in [3.05, 3.63) is 68.9 Å². The Labute approximate surface area is 173 Å². The van der Waals surface area contributed by atoms with Crippen molar-refractivity contribution in [3.8, 4) is 5.75 Å². The van der Waals surface area contributed by atoms with Crippen molar-refractivity contribution in [3.63, 3.8) is 0 Å². The molecular formula is C19H14FN3O6S. The van der Waals surface area contributed by atoms with Crippen LogP contribution in [0.4, 0.5) is 20.6 Å². The number of para-hydroxylation sites is 1. The molecule has 0 atom stereocenters. The molecule has 1 saturated heterocycles. The molecule has 1 N–H and O–H groups in total. The summed E-state index contributed by atoms with van der Waals surface area (Å²) in [7, 11) is 1.29. The van der Waals surface area contributed by atoms with Crippen LogP contribution < -0.4 is 10.1 Å². The van der Waals surface area contributed by atoms with Crippen molar-refractivity contribution in [1.29, 1.82) is 0 Å². The second-order valence-electron chi connectivity index (χ2n) is 5.98. The van der Waals surface area contributed by atoms with Crippen LogP contribution in [0.1, 0.15) is 5.56 Å². The van der Waals surface area contributed by atoms with Crippen molar-refractivity contribution in [2.45, 2.75) is 0 Å². The van der Waals surface area contributed by atoms with Crippen molar-refractivity contribution < 1.29 is 28.4 Å². The first kappa shape index (κ1) is 21.0. The van der Waals surface area contributed by atoms with Gasteiger partial charge in [-0.15, -0.1) is 0 Å². The molecule has 0 unspecified atom stereocenters. The highest BCUT2D eigenvalue weighted by Gasteiger charge is 2.36. The van der Waals surface area contributed by atoms with Gasteiger partial charge in [0.2, 0.25) is 5.91 Å². The maximum Gasteiger partial charge on any atom is 0.311 e. The summed E-state index contributed by atoms with van der Waals surface area (Å²) in [6, 6.07) is 9.55. The zero-order chi connectivity index (χ0) is 21.8. The first-order chi connectivity index (χ1) is 14.3. The van der Waals surface area contributed by atoms with Crippen molar-refractivity contribution in [2.24, 2.45) is 0 Å². The van der Waals surface area contributed by atoms with Crippen LogP contribution in [-0.4, -0.2) is 40.5 Å². The number of hydrogen-bond acceptors (Lipinski definition) is 7. The van der Waals surface area contributed by atoms with E-state index in [0.717, 1.165) is 6.07 Å². The fraction of sp³-hybridized carbons (Fsp3) is 0.105. The van der Waals surface area contributed by atoms with Crippen LogP contribution in [0, 0.1) is 15.9 Å². The quantitative estimate of drug-likeness (QED) is 0.423. The number of nitro benzene ring substituents is 1. The number of nitro groups is 1. The molecule has 1 aliphatic rings. The normalized spacial score (nSPS) is 14.9. The second kappa shape index (κ2) is 8.74. The predicted molar refractivity (Wildman–Crippen MR) is 107 cm³/mol. The Kier molecular flexibility index (Phi) is 6.11. The maximum absolute atomic E-state index is 13.6. The third kappa shape index (κ3) is 4.46. The standard InChI is InChI=1S/C19H14FN3O6S/c1-29-15-7-6-11(8-14(15)23(27)28)9-16-18(25)22(19(26)30-16)10-17(24)21-13-5-3-2-4-12(13)20/h2-9H,10H2,1H3,(H,21,24)/b16-9-. The van der Waals surface area contributed by atoms with E-state index in [0.29, 0.717) is 22.2 Å². The molecule has 1 fully saturated rings. The fourth-order valence-corrected chi connectivity index (χ4v) is 3.46. The average Bonchev–Trinajstić information content (AvgIpc) is 2.97. The summed E-state index contributed by atoms with van der Waals surface area (Å²) in [6.07, 6.45) is 1.31. The van der Waals surface area contributed by atoms with Gasteiger partial charge in [-0.25, -0.2) is 4.39 Å². The number of anilines is 1. The molecule has 0 spiro atoms. The number of imide groups is 1. The number of rotatable bonds is 6. The molecule has 154 valence electrons. The number of hydrogen-bond donors (Lipinski definition) is 1. The van der Waals surface area contributed by atoms with E-state index >= 15 is 0 Å². The number of benzene rings is 2. The number of amides is 3. The third-order valence-corrected chi connectivity index (χ3v) is 4.93. The van der Waals surface area contributed by atoms with Gasteiger partial charge < -0.3 is 10.1 Å². The van der Waals surface area contributed by atoms with Crippen LogP contribution in [0.2, 0.25) is 0 Å². The molecule has 0 saturated carbocycles. The highest BCUT2D eigenvalue weighted by Crippen LogP contribution is 2.34. The molecule has 11 heteroatoms. The van der Waals surface area contributed by atoms with Crippen molar-refractivity contribution in [2.75, 3.05) is 19.0 Å². The molecule has 9 nitrogen and oxygen atoms in total. The number of nitrogens with one attached hydrogen (secondary N) is 1. The summed E-state index contributed by atoms with van der Waals surface area (Å²) in [4.78, 5) is 48.0. The van der Waals surface area contributed by atoms with Gasteiger partial charge in [0.25, 0.3) is 11.1 Å². The summed E-state index contributed by atoms with van der Waals surface area (Å²) in [5.41, 5.74) is -0.0610. The lowest BCUT2D eigenvalue weighted by molar-refractivity contribution is -0.385. The van der Waals surface area contributed by atoms with Crippen LogP contribution in [0.15, 0.2) is 47.4 Å². The molecule has 30 heavy (non-hydrogen) atoms. The van der Waals surface area contributed by atoms with Gasteiger partial charge in [0, 0.05) is 6.07 Å². The molecule has 3 rings (SSSR count). The topological polar surface area (TPSA) is 119 Å². The number of ether oxygens (including phenoxy) is 1. The third-order valence-electron chi connectivity index (χ3n) is 4.02. The molecule has 1 heterocycles. The van der Waals surface area contributed by atoms with Gasteiger partial charge >= 0.3 is 5.69 Å². The lowest BCUT2D eigenvalue weighted by atomic mass is 10.1. The molecule has 1 aliphatic heterocycles. The lowest BCUT2D eigenvalue weighted by Gasteiger charge is -2.12. The van der Waals surface area contributed by atoms with Gasteiger partial charge in [-0.2, -0.15) is 0 Å². The Morgan fingerprint density at radius 1 is 1.30 bits per heavy atom. The number of carbonyl (C=O) groups is 3. The zero-order valence-electron chi connectivity index (χ0n) is 15.5. The minimum absolute atomic E-state index is 0.00171. The first-order valence-electron chi connectivity index (χ1n) is 8.42. The Bertz CT molecular complexity index is 1090. The number of nitrogens with zero attached hydrogens (tertiary/aromatic N) is 2. The minimum Gasteiger partial charge on any atom is -0.490 e. The van der Waals surface area contributed by atoms with Crippen LogP contribution in [0.25, 0.3) is 6.08 Å². The minimum atomic E-state index is -0.747. The van der Waals surface area contributed by atoms with Gasteiger partial charge in [-0.1, -0.05) is 18.2 Å². The van der Waals surface area contributed by atoms with Crippen LogP contribution in [0.3, 0.4) is 0 Å². The highest BCUT2D eigenvalue weighted by molar-refractivity contribution is 8.18.